The molecule has 1 aromatic heterocycles. The van der Waals surface area contributed by atoms with Crippen LogP contribution >= 0.6 is 11.6 Å². The number of hydrogen-bond donors (Lipinski definition) is 2. The zero-order valence-electron chi connectivity index (χ0n) is 15.3. The molecule has 0 saturated heterocycles. The highest BCUT2D eigenvalue weighted by Crippen LogP contribution is 2.24. The fourth-order valence-electron chi connectivity index (χ4n) is 2.83. The number of fused-ring (bicyclic) bond motifs is 1. The standard InChI is InChI=1S/C21H22ClN3O2/c1-14(2)9-10-25-13-16(17-5-3-4-6-19(17)25)12-23-24-21(27)15-7-8-20(26)18(22)11-15/h3-8,11-14,26H,9-10H2,1-2H3,(H,24,27). The largest absolute Gasteiger partial charge is 0.506 e. The summed E-state index contributed by atoms with van der Waals surface area (Å²) in [6.45, 7) is 5.35. The highest BCUT2D eigenvalue weighted by Gasteiger charge is 2.09. The van der Waals surface area contributed by atoms with Gasteiger partial charge >= 0.3 is 0 Å². The van der Waals surface area contributed by atoms with Gasteiger partial charge in [-0.05, 0) is 36.6 Å². The van der Waals surface area contributed by atoms with E-state index in [2.05, 4.69) is 41.2 Å². The van der Waals surface area contributed by atoms with Gasteiger partial charge in [0.25, 0.3) is 5.91 Å². The second-order valence-corrected chi connectivity index (χ2v) is 7.25. The highest BCUT2D eigenvalue weighted by molar-refractivity contribution is 6.32. The van der Waals surface area contributed by atoms with Crippen molar-refractivity contribution in [2.45, 2.75) is 26.8 Å². The molecule has 0 fully saturated rings. The monoisotopic (exact) mass is 383 g/mol. The van der Waals surface area contributed by atoms with Crippen molar-refractivity contribution < 1.29 is 9.90 Å². The molecule has 0 spiro atoms. The lowest BCUT2D eigenvalue weighted by molar-refractivity contribution is 0.0955. The van der Waals surface area contributed by atoms with Crippen LogP contribution in [0.3, 0.4) is 0 Å². The van der Waals surface area contributed by atoms with Crippen molar-refractivity contribution in [3.8, 4) is 5.75 Å². The van der Waals surface area contributed by atoms with E-state index in [1.54, 1.807) is 6.21 Å². The molecule has 0 aliphatic rings. The van der Waals surface area contributed by atoms with Crippen molar-refractivity contribution >= 4 is 34.6 Å². The molecule has 2 aromatic carbocycles. The van der Waals surface area contributed by atoms with Crippen LogP contribution < -0.4 is 5.43 Å². The lowest BCUT2D eigenvalue weighted by atomic mass is 10.1. The summed E-state index contributed by atoms with van der Waals surface area (Å²) < 4.78 is 2.22. The molecule has 5 nitrogen and oxygen atoms in total. The molecule has 0 atom stereocenters. The zero-order chi connectivity index (χ0) is 19.4. The van der Waals surface area contributed by atoms with Gasteiger partial charge in [0.05, 0.1) is 11.2 Å². The van der Waals surface area contributed by atoms with E-state index in [-0.39, 0.29) is 10.8 Å². The molecule has 0 saturated carbocycles. The summed E-state index contributed by atoms with van der Waals surface area (Å²) in [6.07, 6.45) is 4.79. The predicted molar refractivity (Wildman–Crippen MR) is 110 cm³/mol. The molecular formula is C21H22ClN3O2. The molecule has 140 valence electrons. The number of aromatic nitrogens is 1. The van der Waals surface area contributed by atoms with E-state index >= 15 is 0 Å². The number of phenols is 1. The number of rotatable bonds is 6. The van der Waals surface area contributed by atoms with E-state index in [1.165, 1.54) is 18.2 Å². The first-order valence-electron chi connectivity index (χ1n) is 8.85. The zero-order valence-corrected chi connectivity index (χ0v) is 16.1. The smallest absolute Gasteiger partial charge is 0.271 e. The van der Waals surface area contributed by atoms with Gasteiger partial charge in [-0.15, -0.1) is 0 Å². The summed E-state index contributed by atoms with van der Waals surface area (Å²) in [7, 11) is 0. The summed E-state index contributed by atoms with van der Waals surface area (Å²) in [5.74, 6) is 0.169. The maximum Gasteiger partial charge on any atom is 0.271 e. The van der Waals surface area contributed by atoms with E-state index in [0.717, 1.165) is 29.4 Å². The molecule has 1 amide bonds. The van der Waals surface area contributed by atoms with Gasteiger partial charge in [-0.3, -0.25) is 4.79 Å². The number of amides is 1. The third-order valence-electron chi connectivity index (χ3n) is 4.35. The summed E-state index contributed by atoms with van der Waals surface area (Å²) in [5.41, 5.74) is 4.92. The molecule has 3 rings (SSSR count). The Morgan fingerprint density at radius 2 is 2.07 bits per heavy atom. The second-order valence-electron chi connectivity index (χ2n) is 6.84. The van der Waals surface area contributed by atoms with Gasteiger partial charge in [0.2, 0.25) is 0 Å². The van der Waals surface area contributed by atoms with Crippen molar-refractivity contribution in [1.82, 2.24) is 9.99 Å². The first kappa shape index (κ1) is 19.0. The van der Waals surface area contributed by atoms with Crippen molar-refractivity contribution in [1.29, 1.82) is 0 Å². The molecule has 0 unspecified atom stereocenters. The summed E-state index contributed by atoms with van der Waals surface area (Å²) in [6, 6.07) is 12.4. The SMILES string of the molecule is CC(C)CCn1cc(C=NNC(=O)c2ccc(O)c(Cl)c2)c2ccccc21. The van der Waals surface area contributed by atoms with Crippen LogP contribution in [0.2, 0.25) is 5.02 Å². The van der Waals surface area contributed by atoms with Crippen LogP contribution in [0.25, 0.3) is 10.9 Å². The molecule has 1 heterocycles. The van der Waals surface area contributed by atoms with Crippen LogP contribution in [-0.4, -0.2) is 21.8 Å². The van der Waals surface area contributed by atoms with E-state index < -0.39 is 5.91 Å². The molecule has 2 N–H and O–H groups in total. The maximum atomic E-state index is 12.2. The Labute approximate surface area is 163 Å². The molecule has 0 aliphatic heterocycles. The van der Waals surface area contributed by atoms with Gasteiger partial charge in [0.1, 0.15) is 5.75 Å². The van der Waals surface area contributed by atoms with Crippen LogP contribution in [0.15, 0.2) is 53.8 Å². The maximum absolute atomic E-state index is 12.2. The fourth-order valence-corrected chi connectivity index (χ4v) is 3.01. The van der Waals surface area contributed by atoms with E-state index in [1.807, 2.05) is 18.2 Å². The van der Waals surface area contributed by atoms with Crippen LogP contribution in [0.1, 0.15) is 36.2 Å². The number of hydrogen-bond acceptors (Lipinski definition) is 3. The average molecular weight is 384 g/mol. The van der Waals surface area contributed by atoms with Crippen molar-refractivity contribution in [3.63, 3.8) is 0 Å². The van der Waals surface area contributed by atoms with Gasteiger partial charge in [-0.25, -0.2) is 5.43 Å². The number of hydrazone groups is 1. The van der Waals surface area contributed by atoms with Crippen molar-refractivity contribution in [3.05, 3.63) is 64.8 Å². The minimum Gasteiger partial charge on any atom is -0.506 e. The number of halogens is 1. The molecule has 6 heteroatoms. The lowest BCUT2D eigenvalue weighted by Gasteiger charge is -2.07. The summed E-state index contributed by atoms with van der Waals surface area (Å²) in [5, 5.41) is 14.7. The number of aromatic hydroxyl groups is 1. The second kappa shape index (κ2) is 8.27. The average Bonchev–Trinajstić information content (AvgIpc) is 3.00. The normalized spacial score (nSPS) is 11.6. The minimum atomic E-state index is -0.392. The number of nitrogens with zero attached hydrogens (tertiary/aromatic N) is 2. The van der Waals surface area contributed by atoms with Crippen LogP contribution in [0.5, 0.6) is 5.75 Å². The Hall–Kier alpha value is -2.79. The third kappa shape index (κ3) is 4.49. The first-order chi connectivity index (χ1) is 13.0. The first-order valence-corrected chi connectivity index (χ1v) is 9.23. The van der Waals surface area contributed by atoms with Crippen LogP contribution in [0.4, 0.5) is 0 Å². The van der Waals surface area contributed by atoms with Gasteiger partial charge in [-0.1, -0.05) is 43.6 Å². The molecule has 3 aromatic rings. The topological polar surface area (TPSA) is 66.6 Å². The Balaban J connectivity index is 1.77. The number of benzene rings is 2. The highest BCUT2D eigenvalue weighted by atomic mass is 35.5. The lowest BCUT2D eigenvalue weighted by Crippen LogP contribution is -2.17. The van der Waals surface area contributed by atoms with Crippen LogP contribution in [0, 0.1) is 5.92 Å². The molecule has 0 radical (unpaired) electrons. The quantitative estimate of drug-likeness (QED) is 0.473. The van der Waals surface area contributed by atoms with Crippen molar-refractivity contribution in [2.24, 2.45) is 11.0 Å². The Bertz CT molecular complexity index is 992. The Morgan fingerprint density at radius 1 is 1.30 bits per heavy atom. The van der Waals surface area contributed by atoms with Gasteiger partial charge in [0.15, 0.2) is 0 Å². The minimum absolute atomic E-state index is 0.0640. The molecular weight excluding hydrogens is 362 g/mol. The fraction of sp³-hybridized carbons (Fsp3) is 0.238. The predicted octanol–water partition coefficient (Wildman–Crippen LogP) is 4.81. The number of para-hydroxylation sites is 1. The van der Waals surface area contributed by atoms with Crippen molar-refractivity contribution in [2.75, 3.05) is 0 Å². The van der Waals surface area contributed by atoms with Gasteiger partial charge in [-0.2, -0.15) is 5.10 Å². The van der Waals surface area contributed by atoms with E-state index in [4.69, 9.17) is 11.6 Å². The third-order valence-corrected chi connectivity index (χ3v) is 4.65. The number of phenolic OH excluding ortho intramolecular Hbond substituents is 1. The van der Waals surface area contributed by atoms with Gasteiger partial charge < -0.3 is 9.67 Å². The molecule has 27 heavy (non-hydrogen) atoms. The number of carbonyl (C=O) groups excluding carboxylic acids is 1. The van der Waals surface area contributed by atoms with E-state index in [0.29, 0.717) is 11.5 Å². The van der Waals surface area contributed by atoms with Crippen LogP contribution in [-0.2, 0) is 6.54 Å². The Kier molecular flexibility index (Phi) is 5.81. The molecule has 0 bridgehead atoms. The number of aryl methyl sites for hydroxylation is 1. The molecule has 0 aliphatic carbocycles. The summed E-state index contributed by atoms with van der Waals surface area (Å²) in [4.78, 5) is 12.2. The van der Waals surface area contributed by atoms with E-state index in [9.17, 15) is 9.90 Å². The Morgan fingerprint density at radius 3 is 2.81 bits per heavy atom. The number of nitrogens with one attached hydrogen (secondary N) is 1. The van der Waals surface area contributed by atoms with Gasteiger partial charge in [0, 0.05) is 34.8 Å². The summed E-state index contributed by atoms with van der Waals surface area (Å²) >= 11 is 5.84. The number of carbonyl (C=O) groups is 1.